The van der Waals surface area contributed by atoms with Gasteiger partial charge in [0.05, 0.1) is 13.3 Å². The lowest BCUT2D eigenvalue weighted by Gasteiger charge is -2.31. The maximum Gasteiger partial charge on any atom is 0.276 e. The minimum absolute atomic E-state index is 0.0801. The number of rotatable bonds is 4. The molecule has 0 bridgehead atoms. The second-order valence-corrected chi connectivity index (χ2v) is 6.87. The Labute approximate surface area is 163 Å². The number of piperidine rings is 1. The number of nitrogens with zero attached hydrogens (tertiary/aromatic N) is 3. The van der Waals surface area contributed by atoms with Crippen LogP contribution in [0.5, 0.6) is 11.5 Å². The zero-order valence-corrected chi connectivity index (χ0v) is 15.6. The second kappa shape index (κ2) is 7.72. The molecule has 0 saturated carbocycles. The van der Waals surface area contributed by atoms with Gasteiger partial charge in [-0.15, -0.1) is 0 Å². The molecule has 144 valence electrons. The Balaban J connectivity index is 1.48. The van der Waals surface area contributed by atoms with Crippen LogP contribution in [0.25, 0.3) is 11.1 Å². The quantitative estimate of drug-likeness (QED) is 0.727. The van der Waals surface area contributed by atoms with Gasteiger partial charge in [0.2, 0.25) is 0 Å². The number of hydrogen-bond donors (Lipinski definition) is 2. The molecule has 0 radical (unpaired) electrons. The number of hydrogen-bond acceptors (Lipinski definition) is 5. The molecule has 1 fully saturated rings. The Morgan fingerprint density at radius 2 is 2.07 bits per heavy atom. The van der Waals surface area contributed by atoms with Crippen LogP contribution in [-0.2, 0) is 0 Å². The molecular formula is C21H22N4O3. The molecule has 0 atom stereocenters. The standard InChI is InChI=1S/C21H22N4O3/c1-28-16-5-2-4-15(12-16)17-13-23-24-19(17)14-7-10-25(11-8-14)21(27)20-18(26)6-3-9-22-20/h2-6,9,12-14,26H,7-8,10-11H2,1H3,(H,23,24). The van der Waals surface area contributed by atoms with E-state index < -0.39 is 0 Å². The van der Waals surface area contributed by atoms with Gasteiger partial charge in [0.25, 0.3) is 5.91 Å². The van der Waals surface area contributed by atoms with Crippen molar-refractivity contribution in [3.63, 3.8) is 0 Å². The molecule has 1 amide bonds. The zero-order chi connectivity index (χ0) is 19.5. The molecule has 3 aromatic rings. The van der Waals surface area contributed by atoms with Gasteiger partial charge in [0.15, 0.2) is 5.69 Å². The largest absolute Gasteiger partial charge is 0.505 e. The summed E-state index contributed by atoms with van der Waals surface area (Å²) >= 11 is 0. The summed E-state index contributed by atoms with van der Waals surface area (Å²) in [6.07, 6.45) is 5.00. The van der Waals surface area contributed by atoms with E-state index in [1.54, 1.807) is 18.1 Å². The topological polar surface area (TPSA) is 91.3 Å². The van der Waals surface area contributed by atoms with E-state index in [2.05, 4.69) is 15.2 Å². The smallest absolute Gasteiger partial charge is 0.276 e. The highest BCUT2D eigenvalue weighted by Gasteiger charge is 2.28. The van der Waals surface area contributed by atoms with Crippen LogP contribution in [0.2, 0.25) is 0 Å². The maximum atomic E-state index is 12.6. The van der Waals surface area contributed by atoms with E-state index in [1.165, 1.54) is 12.3 Å². The number of pyridine rings is 1. The van der Waals surface area contributed by atoms with Crippen molar-refractivity contribution in [1.29, 1.82) is 0 Å². The molecule has 1 aliphatic heterocycles. The summed E-state index contributed by atoms with van der Waals surface area (Å²) in [6, 6.07) is 11.0. The highest BCUT2D eigenvalue weighted by molar-refractivity contribution is 5.94. The average molecular weight is 378 g/mol. The monoisotopic (exact) mass is 378 g/mol. The average Bonchev–Trinajstić information content (AvgIpc) is 3.24. The van der Waals surface area contributed by atoms with Crippen LogP contribution in [0.15, 0.2) is 48.8 Å². The first-order valence-corrected chi connectivity index (χ1v) is 9.28. The number of carbonyl (C=O) groups is 1. The van der Waals surface area contributed by atoms with E-state index in [0.717, 1.165) is 35.4 Å². The van der Waals surface area contributed by atoms with E-state index >= 15 is 0 Å². The number of aromatic hydroxyl groups is 1. The lowest BCUT2D eigenvalue weighted by Crippen LogP contribution is -2.38. The van der Waals surface area contributed by atoms with E-state index in [0.29, 0.717) is 13.1 Å². The van der Waals surface area contributed by atoms with Crippen molar-refractivity contribution in [2.45, 2.75) is 18.8 Å². The first kappa shape index (κ1) is 18.0. The van der Waals surface area contributed by atoms with E-state index in [-0.39, 0.29) is 23.3 Å². The molecule has 1 aromatic carbocycles. The van der Waals surface area contributed by atoms with Crippen LogP contribution in [0.3, 0.4) is 0 Å². The highest BCUT2D eigenvalue weighted by Crippen LogP contribution is 2.35. The van der Waals surface area contributed by atoms with Crippen molar-refractivity contribution in [1.82, 2.24) is 20.1 Å². The summed E-state index contributed by atoms with van der Waals surface area (Å²) in [5.41, 5.74) is 3.31. The lowest BCUT2D eigenvalue weighted by atomic mass is 9.89. The van der Waals surface area contributed by atoms with Gasteiger partial charge in [-0.05, 0) is 42.7 Å². The van der Waals surface area contributed by atoms with Crippen LogP contribution >= 0.6 is 0 Å². The summed E-state index contributed by atoms with van der Waals surface area (Å²) in [7, 11) is 1.65. The van der Waals surface area contributed by atoms with Crippen molar-refractivity contribution in [3.05, 3.63) is 60.2 Å². The SMILES string of the molecule is COc1cccc(-c2cn[nH]c2C2CCN(C(=O)c3ncccc3O)CC2)c1. The van der Waals surface area contributed by atoms with Crippen molar-refractivity contribution in [2.75, 3.05) is 20.2 Å². The molecule has 28 heavy (non-hydrogen) atoms. The van der Waals surface area contributed by atoms with Crippen LogP contribution in [0.4, 0.5) is 0 Å². The molecule has 0 spiro atoms. The number of benzene rings is 1. The summed E-state index contributed by atoms with van der Waals surface area (Å²) in [5, 5.41) is 17.3. The fraction of sp³-hybridized carbons (Fsp3) is 0.286. The molecule has 0 unspecified atom stereocenters. The molecule has 2 N–H and O–H groups in total. The number of carbonyl (C=O) groups excluding carboxylic acids is 1. The first-order valence-electron chi connectivity index (χ1n) is 9.28. The molecule has 7 heteroatoms. The Morgan fingerprint density at radius 1 is 1.25 bits per heavy atom. The zero-order valence-electron chi connectivity index (χ0n) is 15.6. The summed E-state index contributed by atoms with van der Waals surface area (Å²) in [6.45, 7) is 1.21. The van der Waals surface area contributed by atoms with Crippen molar-refractivity contribution in [2.24, 2.45) is 0 Å². The fourth-order valence-corrected chi connectivity index (χ4v) is 3.71. The maximum absolute atomic E-state index is 12.6. The van der Waals surface area contributed by atoms with Crippen molar-refractivity contribution in [3.8, 4) is 22.6 Å². The molecule has 1 aliphatic rings. The van der Waals surface area contributed by atoms with E-state index in [1.807, 2.05) is 30.5 Å². The molecule has 4 rings (SSSR count). The van der Waals surface area contributed by atoms with Crippen molar-refractivity contribution >= 4 is 5.91 Å². The number of nitrogens with one attached hydrogen (secondary N) is 1. The lowest BCUT2D eigenvalue weighted by molar-refractivity contribution is 0.0703. The van der Waals surface area contributed by atoms with Gasteiger partial charge >= 0.3 is 0 Å². The van der Waals surface area contributed by atoms with Gasteiger partial charge in [0, 0.05) is 36.5 Å². The fourth-order valence-electron chi connectivity index (χ4n) is 3.71. The third kappa shape index (κ3) is 3.43. The minimum Gasteiger partial charge on any atom is -0.505 e. The van der Waals surface area contributed by atoms with E-state index in [4.69, 9.17) is 4.74 Å². The van der Waals surface area contributed by atoms with Gasteiger partial charge < -0.3 is 14.7 Å². The Hall–Kier alpha value is -3.35. The summed E-state index contributed by atoms with van der Waals surface area (Å²) in [4.78, 5) is 18.4. The highest BCUT2D eigenvalue weighted by atomic mass is 16.5. The minimum atomic E-state index is -0.228. The normalized spacial score (nSPS) is 14.8. The number of ether oxygens (including phenoxy) is 1. The number of likely N-dealkylation sites (tertiary alicyclic amines) is 1. The molecule has 1 saturated heterocycles. The molecule has 7 nitrogen and oxygen atoms in total. The number of amides is 1. The number of aromatic amines is 1. The van der Waals surface area contributed by atoms with Crippen molar-refractivity contribution < 1.29 is 14.6 Å². The number of H-pyrrole nitrogens is 1. The second-order valence-electron chi connectivity index (χ2n) is 6.87. The number of methoxy groups -OCH3 is 1. The number of aromatic nitrogens is 3. The Kier molecular flexibility index (Phi) is 4.97. The summed E-state index contributed by atoms with van der Waals surface area (Å²) in [5.74, 6) is 0.781. The van der Waals surface area contributed by atoms with Gasteiger partial charge in [-0.2, -0.15) is 5.10 Å². The van der Waals surface area contributed by atoms with E-state index in [9.17, 15) is 9.90 Å². The third-order valence-electron chi connectivity index (χ3n) is 5.23. The van der Waals surface area contributed by atoms with Crippen LogP contribution in [0, 0.1) is 0 Å². The Bertz CT molecular complexity index is 977. The first-order chi connectivity index (χ1) is 13.7. The Morgan fingerprint density at radius 3 is 2.82 bits per heavy atom. The third-order valence-corrected chi connectivity index (χ3v) is 5.23. The van der Waals surface area contributed by atoms with Gasteiger partial charge in [0.1, 0.15) is 11.5 Å². The molecule has 2 aromatic heterocycles. The summed E-state index contributed by atoms with van der Waals surface area (Å²) < 4.78 is 5.33. The van der Waals surface area contributed by atoms with Gasteiger partial charge in [-0.1, -0.05) is 12.1 Å². The predicted octanol–water partition coefficient (Wildman–Crippen LogP) is 3.21. The molecule has 3 heterocycles. The molecular weight excluding hydrogens is 356 g/mol. The predicted molar refractivity (Wildman–Crippen MR) is 104 cm³/mol. The van der Waals surface area contributed by atoms with Crippen LogP contribution in [0.1, 0.15) is 34.9 Å². The van der Waals surface area contributed by atoms with Gasteiger partial charge in [-0.25, -0.2) is 4.98 Å². The van der Waals surface area contributed by atoms with Gasteiger partial charge in [-0.3, -0.25) is 9.89 Å². The van der Waals surface area contributed by atoms with Crippen LogP contribution < -0.4 is 4.74 Å². The molecule has 0 aliphatic carbocycles. The van der Waals surface area contributed by atoms with Crippen LogP contribution in [-0.4, -0.2) is 51.3 Å².